The third-order valence-electron chi connectivity index (χ3n) is 2.72. The summed E-state index contributed by atoms with van der Waals surface area (Å²) < 4.78 is 13.9. The first-order valence-electron chi connectivity index (χ1n) is 5.67. The van der Waals surface area contributed by atoms with Gasteiger partial charge in [-0.3, -0.25) is 0 Å². The van der Waals surface area contributed by atoms with Crippen LogP contribution in [-0.2, 0) is 0 Å². The molecule has 0 amide bonds. The second kappa shape index (κ2) is 5.63. The van der Waals surface area contributed by atoms with E-state index in [9.17, 15) is 4.39 Å². The van der Waals surface area contributed by atoms with E-state index in [1.165, 1.54) is 6.07 Å². The number of thiazole rings is 1. The summed E-state index contributed by atoms with van der Waals surface area (Å²) >= 11 is 7.32. The SMILES string of the molecule is CC(CNc1c(N)cc(N)c(Cl)c1F)c1nccs1. The Morgan fingerprint density at radius 1 is 1.47 bits per heavy atom. The predicted molar refractivity (Wildman–Crippen MR) is 79.3 cm³/mol. The average Bonchev–Trinajstić information content (AvgIpc) is 2.89. The van der Waals surface area contributed by atoms with E-state index < -0.39 is 5.82 Å². The summed E-state index contributed by atoms with van der Waals surface area (Å²) in [5.41, 5.74) is 11.8. The molecule has 0 saturated carbocycles. The van der Waals surface area contributed by atoms with Gasteiger partial charge in [-0.05, 0) is 6.07 Å². The van der Waals surface area contributed by atoms with Gasteiger partial charge in [-0.25, -0.2) is 9.37 Å². The summed E-state index contributed by atoms with van der Waals surface area (Å²) in [6.45, 7) is 2.51. The van der Waals surface area contributed by atoms with E-state index in [1.807, 2.05) is 12.3 Å². The first kappa shape index (κ1) is 13.9. The van der Waals surface area contributed by atoms with E-state index in [1.54, 1.807) is 17.5 Å². The quantitative estimate of drug-likeness (QED) is 0.757. The summed E-state index contributed by atoms with van der Waals surface area (Å²) in [5.74, 6) is -0.472. The fourth-order valence-corrected chi connectivity index (χ4v) is 2.51. The number of benzene rings is 1. The zero-order valence-electron chi connectivity index (χ0n) is 10.3. The molecule has 0 aliphatic carbocycles. The summed E-state index contributed by atoms with van der Waals surface area (Å²) in [5, 5.41) is 5.73. The van der Waals surface area contributed by atoms with Crippen LogP contribution in [-0.4, -0.2) is 11.5 Å². The fourth-order valence-electron chi connectivity index (χ4n) is 1.67. The van der Waals surface area contributed by atoms with Gasteiger partial charge in [0, 0.05) is 24.0 Å². The molecule has 1 aromatic heterocycles. The Labute approximate surface area is 119 Å². The number of hydrogen-bond donors (Lipinski definition) is 3. The molecule has 7 heteroatoms. The molecular formula is C12H14ClFN4S. The molecule has 1 unspecified atom stereocenters. The minimum Gasteiger partial charge on any atom is -0.397 e. The largest absolute Gasteiger partial charge is 0.397 e. The van der Waals surface area contributed by atoms with E-state index in [2.05, 4.69) is 10.3 Å². The molecule has 19 heavy (non-hydrogen) atoms. The zero-order valence-corrected chi connectivity index (χ0v) is 11.9. The lowest BCUT2D eigenvalue weighted by atomic mass is 10.1. The minimum atomic E-state index is -0.620. The Morgan fingerprint density at radius 2 is 2.21 bits per heavy atom. The zero-order chi connectivity index (χ0) is 14.0. The van der Waals surface area contributed by atoms with Crippen LogP contribution in [0.15, 0.2) is 17.6 Å². The van der Waals surface area contributed by atoms with Crippen molar-refractivity contribution in [3.05, 3.63) is 33.5 Å². The van der Waals surface area contributed by atoms with Crippen molar-refractivity contribution in [3.63, 3.8) is 0 Å². The van der Waals surface area contributed by atoms with Crippen LogP contribution in [0.2, 0.25) is 5.02 Å². The molecule has 2 aromatic rings. The number of nitrogens with one attached hydrogen (secondary N) is 1. The molecule has 0 aliphatic heterocycles. The van der Waals surface area contributed by atoms with Crippen molar-refractivity contribution >= 4 is 40.0 Å². The van der Waals surface area contributed by atoms with Gasteiger partial charge >= 0.3 is 0 Å². The molecule has 102 valence electrons. The Bertz CT molecular complexity index is 574. The first-order chi connectivity index (χ1) is 9.00. The van der Waals surface area contributed by atoms with E-state index in [-0.39, 0.29) is 28.0 Å². The second-order valence-electron chi connectivity index (χ2n) is 4.21. The summed E-state index contributed by atoms with van der Waals surface area (Å²) in [6.07, 6.45) is 1.74. The maximum atomic E-state index is 13.9. The van der Waals surface area contributed by atoms with Gasteiger partial charge in [0.2, 0.25) is 0 Å². The monoisotopic (exact) mass is 300 g/mol. The third-order valence-corrected chi connectivity index (χ3v) is 4.11. The van der Waals surface area contributed by atoms with Crippen LogP contribution in [0, 0.1) is 5.82 Å². The average molecular weight is 301 g/mol. The smallest absolute Gasteiger partial charge is 0.169 e. The highest BCUT2D eigenvalue weighted by atomic mass is 35.5. The third kappa shape index (κ3) is 2.90. The van der Waals surface area contributed by atoms with Crippen LogP contribution < -0.4 is 16.8 Å². The van der Waals surface area contributed by atoms with E-state index in [0.717, 1.165) is 5.01 Å². The van der Waals surface area contributed by atoms with Gasteiger partial charge in [0.1, 0.15) is 5.02 Å². The van der Waals surface area contributed by atoms with Gasteiger partial charge in [-0.15, -0.1) is 11.3 Å². The van der Waals surface area contributed by atoms with Crippen molar-refractivity contribution in [1.82, 2.24) is 4.98 Å². The molecule has 0 aliphatic rings. The number of halogens is 2. The standard InChI is InChI=1S/C12H14ClFN4S/c1-6(12-17-2-3-19-12)5-18-11-8(16)4-7(15)9(13)10(11)14/h2-4,6,18H,5,15-16H2,1H3. The lowest BCUT2D eigenvalue weighted by Gasteiger charge is -2.15. The topological polar surface area (TPSA) is 77.0 Å². The Morgan fingerprint density at radius 3 is 2.84 bits per heavy atom. The number of rotatable bonds is 4. The molecular weight excluding hydrogens is 287 g/mol. The fraction of sp³-hybridized carbons (Fsp3) is 0.250. The second-order valence-corrected chi connectivity index (χ2v) is 5.51. The van der Waals surface area contributed by atoms with Crippen molar-refractivity contribution < 1.29 is 4.39 Å². The van der Waals surface area contributed by atoms with Crippen LogP contribution in [0.1, 0.15) is 17.8 Å². The van der Waals surface area contributed by atoms with Crippen molar-refractivity contribution in [2.75, 3.05) is 23.3 Å². The van der Waals surface area contributed by atoms with Crippen LogP contribution in [0.5, 0.6) is 0 Å². The van der Waals surface area contributed by atoms with E-state index >= 15 is 0 Å². The molecule has 0 spiro atoms. The predicted octanol–water partition coefficient (Wildman–Crippen LogP) is 3.32. The normalized spacial score (nSPS) is 12.4. The van der Waals surface area contributed by atoms with Crippen molar-refractivity contribution in [3.8, 4) is 0 Å². The summed E-state index contributed by atoms with van der Waals surface area (Å²) in [7, 11) is 0. The molecule has 1 aromatic carbocycles. The van der Waals surface area contributed by atoms with E-state index in [0.29, 0.717) is 6.54 Å². The molecule has 2 rings (SSSR count). The lowest BCUT2D eigenvalue weighted by Crippen LogP contribution is -2.13. The van der Waals surface area contributed by atoms with Gasteiger partial charge in [0.15, 0.2) is 5.82 Å². The lowest BCUT2D eigenvalue weighted by molar-refractivity contribution is 0.630. The number of nitrogen functional groups attached to an aromatic ring is 2. The summed E-state index contributed by atoms with van der Waals surface area (Å²) in [4.78, 5) is 4.21. The molecule has 4 nitrogen and oxygen atoms in total. The highest BCUT2D eigenvalue weighted by Gasteiger charge is 2.15. The number of hydrogen-bond acceptors (Lipinski definition) is 5. The number of nitrogens with zero attached hydrogens (tertiary/aromatic N) is 1. The first-order valence-corrected chi connectivity index (χ1v) is 6.92. The highest BCUT2D eigenvalue weighted by Crippen LogP contribution is 2.34. The van der Waals surface area contributed by atoms with Crippen LogP contribution >= 0.6 is 22.9 Å². The maximum absolute atomic E-state index is 13.9. The molecule has 0 bridgehead atoms. The van der Waals surface area contributed by atoms with Crippen molar-refractivity contribution in [2.45, 2.75) is 12.8 Å². The highest BCUT2D eigenvalue weighted by molar-refractivity contribution is 7.09. The van der Waals surface area contributed by atoms with Gasteiger partial charge in [-0.1, -0.05) is 18.5 Å². The van der Waals surface area contributed by atoms with Crippen LogP contribution in [0.4, 0.5) is 21.5 Å². The maximum Gasteiger partial charge on any atom is 0.169 e. The van der Waals surface area contributed by atoms with E-state index in [4.69, 9.17) is 23.1 Å². The van der Waals surface area contributed by atoms with Gasteiger partial charge in [0.05, 0.1) is 22.1 Å². The molecule has 1 heterocycles. The minimum absolute atomic E-state index is 0.112. The van der Waals surface area contributed by atoms with Crippen molar-refractivity contribution in [1.29, 1.82) is 0 Å². The van der Waals surface area contributed by atoms with Gasteiger partial charge in [0.25, 0.3) is 0 Å². The summed E-state index contributed by atoms with van der Waals surface area (Å²) in [6, 6.07) is 1.45. The molecule has 1 atom stereocenters. The van der Waals surface area contributed by atoms with Gasteiger partial charge in [-0.2, -0.15) is 0 Å². The Kier molecular flexibility index (Phi) is 4.11. The van der Waals surface area contributed by atoms with Crippen LogP contribution in [0.25, 0.3) is 0 Å². The Balaban J connectivity index is 2.14. The van der Waals surface area contributed by atoms with Crippen LogP contribution in [0.3, 0.4) is 0 Å². The van der Waals surface area contributed by atoms with Gasteiger partial charge < -0.3 is 16.8 Å². The molecule has 0 fully saturated rings. The number of aromatic nitrogens is 1. The number of anilines is 3. The number of nitrogens with two attached hydrogens (primary N) is 2. The Hall–Kier alpha value is -1.53. The molecule has 0 saturated heterocycles. The molecule has 5 N–H and O–H groups in total. The van der Waals surface area contributed by atoms with Crippen molar-refractivity contribution in [2.24, 2.45) is 0 Å². The molecule has 0 radical (unpaired) electrons.